The molecular formula is C16H19BrN2OS. The van der Waals surface area contributed by atoms with Crippen molar-refractivity contribution in [2.45, 2.75) is 23.4 Å². The van der Waals surface area contributed by atoms with E-state index in [1.165, 1.54) is 16.0 Å². The summed E-state index contributed by atoms with van der Waals surface area (Å²) >= 11 is 5.18. The zero-order valence-corrected chi connectivity index (χ0v) is 14.6. The molecule has 21 heavy (non-hydrogen) atoms. The first-order valence-corrected chi connectivity index (χ1v) is 8.38. The highest BCUT2D eigenvalue weighted by molar-refractivity contribution is 9.10. The number of hydrogen-bond donors (Lipinski definition) is 1. The molecule has 0 amide bonds. The van der Waals surface area contributed by atoms with Crippen LogP contribution in [0.3, 0.4) is 0 Å². The number of nitrogens with zero attached hydrogens (tertiary/aromatic N) is 1. The Morgan fingerprint density at radius 3 is 2.90 bits per heavy atom. The van der Waals surface area contributed by atoms with Crippen LogP contribution in [0, 0.1) is 6.92 Å². The molecule has 0 radical (unpaired) electrons. The summed E-state index contributed by atoms with van der Waals surface area (Å²) in [6.07, 6.45) is 1.94. The second-order valence-electron chi connectivity index (χ2n) is 4.69. The second kappa shape index (κ2) is 8.54. The van der Waals surface area contributed by atoms with Crippen LogP contribution in [-0.4, -0.2) is 25.2 Å². The fourth-order valence-corrected chi connectivity index (χ4v) is 3.30. The van der Waals surface area contributed by atoms with Crippen LogP contribution in [0.25, 0.3) is 0 Å². The first-order valence-electron chi connectivity index (χ1n) is 6.77. The molecule has 1 aromatic heterocycles. The van der Waals surface area contributed by atoms with E-state index in [2.05, 4.69) is 51.4 Å². The summed E-state index contributed by atoms with van der Waals surface area (Å²) in [5, 5.41) is 4.38. The van der Waals surface area contributed by atoms with E-state index in [-0.39, 0.29) is 0 Å². The molecule has 0 saturated carbocycles. The molecule has 0 aliphatic carbocycles. The maximum atomic E-state index is 5.01. The average Bonchev–Trinajstić information content (AvgIpc) is 2.46. The lowest BCUT2D eigenvalue weighted by atomic mass is 10.2. The van der Waals surface area contributed by atoms with Crippen LogP contribution in [0.5, 0.6) is 0 Å². The lowest BCUT2D eigenvalue weighted by Gasteiger charge is -2.08. The van der Waals surface area contributed by atoms with Gasteiger partial charge in [-0.25, -0.2) is 4.98 Å². The molecule has 2 aromatic rings. The molecule has 3 nitrogen and oxygen atoms in total. The highest BCUT2D eigenvalue weighted by Gasteiger charge is 2.05. The average molecular weight is 367 g/mol. The Balaban J connectivity index is 1.98. The number of hydrogen-bond acceptors (Lipinski definition) is 4. The molecule has 1 aromatic carbocycles. The van der Waals surface area contributed by atoms with Crippen molar-refractivity contribution in [2.75, 3.05) is 20.3 Å². The molecule has 0 spiro atoms. The van der Waals surface area contributed by atoms with Gasteiger partial charge in [-0.1, -0.05) is 39.8 Å². The van der Waals surface area contributed by atoms with Crippen molar-refractivity contribution in [3.8, 4) is 0 Å². The normalized spacial score (nSPS) is 10.8. The molecule has 5 heteroatoms. The van der Waals surface area contributed by atoms with Gasteiger partial charge in [-0.05, 0) is 36.2 Å². The molecule has 1 heterocycles. The number of rotatable bonds is 7. The summed E-state index contributed by atoms with van der Waals surface area (Å²) in [6.45, 7) is 4.50. The fraction of sp³-hybridized carbons (Fsp3) is 0.312. The maximum absolute atomic E-state index is 5.01. The van der Waals surface area contributed by atoms with E-state index in [1.807, 2.05) is 18.3 Å². The molecule has 0 aliphatic heterocycles. The second-order valence-corrected chi connectivity index (χ2v) is 6.67. The highest BCUT2D eigenvalue weighted by Crippen LogP contribution is 2.30. The van der Waals surface area contributed by atoms with E-state index in [9.17, 15) is 0 Å². The third-order valence-electron chi connectivity index (χ3n) is 2.91. The van der Waals surface area contributed by atoms with Crippen LogP contribution >= 0.6 is 27.7 Å². The predicted octanol–water partition coefficient (Wildman–Crippen LogP) is 4.04. The lowest BCUT2D eigenvalue weighted by molar-refractivity contribution is 0.199. The van der Waals surface area contributed by atoms with Gasteiger partial charge in [0.15, 0.2) is 0 Å². The van der Waals surface area contributed by atoms with Gasteiger partial charge in [-0.2, -0.15) is 0 Å². The van der Waals surface area contributed by atoms with Crippen molar-refractivity contribution < 1.29 is 4.74 Å². The topological polar surface area (TPSA) is 34.1 Å². The molecule has 0 saturated heterocycles. The smallest absolute Gasteiger partial charge is 0.104 e. The lowest BCUT2D eigenvalue weighted by Crippen LogP contribution is -2.18. The number of nitrogens with one attached hydrogen (secondary N) is 1. The Labute approximate surface area is 138 Å². The van der Waals surface area contributed by atoms with Crippen LogP contribution in [0.1, 0.15) is 11.1 Å². The number of benzene rings is 1. The van der Waals surface area contributed by atoms with Crippen LogP contribution in [0.4, 0.5) is 0 Å². The van der Waals surface area contributed by atoms with E-state index in [0.29, 0.717) is 0 Å². The predicted molar refractivity (Wildman–Crippen MR) is 90.8 cm³/mol. The van der Waals surface area contributed by atoms with E-state index >= 15 is 0 Å². The van der Waals surface area contributed by atoms with Gasteiger partial charge >= 0.3 is 0 Å². The molecule has 0 atom stereocenters. The summed E-state index contributed by atoms with van der Waals surface area (Å²) in [5.74, 6) is 0. The number of methoxy groups -OCH3 is 1. The van der Waals surface area contributed by atoms with Gasteiger partial charge in [-0.3, -0.25) is 0 Å². The Kier molecular flexibility index (Phi) is 6.70. The Morgan fingerprint density at radius 2 is 2.19 bits per heavy atom. The standard InChI is InChI=1S/C16H19BrN2OS/c1-12-8-13(10-18-6-7-20-2)11-19-16(12)21-15-5-3-4-14(17)9-15/h3-5,8-9,11,18H,6-7,10H2,1-2H3. The first-order chi connectivity index (χ1) is 10.2. The third kappa shape index (κ3) is 5.43. The Bertz CT molecular complexity index is 592. The highest BCUT2D eigenvalue weighted by atomic mass is 79.9. The minimum atomic E-state index is 0.725. The van der Waals surface area contributed by atoms with Crippen LogP contribution in [-0.2, 0) is 11.3 Å². The Hall–Kier alpha value is -0.880. The van der Waals surface area contributed by atoms with Gasteiger partial charge in [0.25, 0.3) is 0 Å². The van der Waals surface area contributed by atoms with Crippen molar-refractivity contribution in [3.05, 3.63) is 52.1 Å². The quantitative estimate of drug-likeness (QED) is 0.749. The summed E-state index contributed by atoms with van der Waals surface area (Å²) in [6, 6.07) is 10.4. The molecular weight excluding hydrogens is 348 g/mol. The molecule has 1 N–H and O–H groups in total. The summed E-state index contributed by atoms with van der Waals surface area (Å²) in [7, 11) is 1.71. The van der Waals surface area contributed by atoms with Crippen molar-refractivity contribution in [1.82, 2.24) is 10.3 Å². The number of ether oxygens (including phenoxy) is 1. The molecule has 0 bridgehead atoms. The number of pyridine rings is 1. The maximum Gasteiger partial charge on any atom is 0.104 e. The third-order valence-corrected chi connectivity index (χ3v) is 4.51. The van der Waals surface area contributed by atoms with E-state index in [1.54, 1.807) is 18.9 Å². The van der Waals surface area contributed by atoms with Crippen molar-refractivity contribution >= 4 is 27.7 Å². The van der Waals surface area contributed by atoms with Gasteiger partial charge in [0.2, 0.25) is 0 Å². The van der Waals surface area contributed by atoms with Crippen LogP contribution < -0.4 is 5.32 Å². The largest absolute Gasteiger partial charge is 0.383 e. The molecule has 0 unspecified atom stereocenters. The van der Waals surface area contributed by atoms with Crippen molar-refractivity contribution in [3.63, 3.8) is 0 Å². The van der Waals surface area contributed by atoms with Crippen molar-refractivity contribution in [1.29, 1.82) is 0 Å². The fourth-order valence-electron chi connectivity index (χ4n) is 1.87. The minimum Gasteiger partial charge on any atom is -0.383 e. The van der Waals surface area contributed by atoms with Crippen LogP contribution in [0.2, 0.25) is 0 Å². The minimum absolute atomic E-state index is 0.725. The molecule has 0 fully saturated rings. The molecule has 0 aliphatic rings. The monoisotopic (exact) mass is 366 g/mol. The summed E-state index contributed by atoms with van der Waals surface area (Å²) < 4.78 is 6.10. The van der Waals surface area contributed by atoms with Gasteiger partial charge in [0.1, 0.15) is 5.03 Å². The summed E-state index contributed by atoms with van der Waals surface area (Å²) in [5.41, 5.74) is 2.40. The van der Waals surface area contributed by atoms with Gasteiger partial charge in [-0.15, -0.1) is 0 Å². The van der Waals surface area contributed by atoms with Gasteiger partial charge in [0.05, 0.1) is 6.61 Å². The van der Waals surface area contributed by atoms with Crippen molar-refractivity contribution in [2.24, 2.45) is 0 Å². The van der Waals surface area contributed by atoms with Gasteiger partial charge < -0.3 is 10.1 Å². The summed E-state index contributed by atoms with van der Waals surface area (Å²) in [4.78, 5) is 5.76. The molecule has 112 valence electrons. The number of aryl methyl sites for hydroxylation is 1. The molecule has 2 rings (SSSR count). The van der Waals surface area contributed by atoms with Crippen LogP contribution in [0.15, 0.2) is 50.9 Å². The Morgan fingerprint density at radius 1 is 1.33 bits per heavy atom. The zero-order valence-electron chi connectivity index (χ0n) is 12.2. The number of halogens is 1. The zero-order chi connectivity index (χ0) is 15.1. The van der Waals surface area contributed by atoms with E-state index in [4.69, 9.17) is 4.74 Å². The van der Waals surface area contributed by atoms with E-state index in [0.717, 1.165) is 29.2 Å². The van der Waals surface area contributed by atoms with E-state index < -0.39 is 0 Å². The number of aromatic nitrogens is 1. The first kappa shape index (κ1) is 16.5. The SMILES string of the molecule is COCCNCc1cnc(Sc2cccc(Br)c2)c(C)c1. The van der Waals surface area contributed by atoms with Gasteiger partial charge in [0, 0.05) is 35.8 Å².